The smallest absolute Gasteiger partial charge is 0.139 e. The number of ether oxygens (including phenoxy) is 1. The first-order chi connectivity index (χ1) is 18.8. The van der Waals surface area contributed by atoms with Gasteiger partial charge in [-0.15, -0.1) is 0 Å². The van der Waals surface area contributed by atoms with Crippen LogP contribution in [0.1, 0.15) is 129 Å². The molecule has 4 aliphatic rings. The van der Waals surface area contributed by atoms with Gasteiger partial charge in [-0.05, 0) is 111 Å². The second-order valence-electron chi connectivity index (χ2n) is 13.7. The molecule has 5 unspecified atom stereocenters. The molecule has 4 saturated carbocycles. The number of rotatable bonds is 11. The van der Waals surface area contributed by atoms with Gasteiger partial charge in [0.05, 0.1) is 6.61 Å². The van der Waals surface area contributed by atoms with Crippen molar-refractivity contribution in [2.75, 3.05) is 6.61 Å². The third-order valence-electron chi connectivity index (χ3n) is 12.0. The zero-order valence-corrected chi connectivity index (χ0v) is 25.1. The van der Waals surface area contributed by atoms with Crippen LogP contribution in [0.4, 0.5) is 0 Å². The molecule has 1 aromatic rings. The number of benzene rings is 1. The van der Waals surface area contributed by atoms with Crippen molar-refractivity contribution < 1.29 is 14.3 Å². The molecule has 0 heterocycles. The molecule has 216 valence electrons. The Balaban J connectivity index is 1.26. The van der Waals surface area contributed by atoms with E-state index in [0.717, 1.165) is 82.8 Å². The lowest BCUT2D eigenvalue weighted by molar-refractivity contribution is -0.147. The molecule has 4 aliphatic carbocycles. The highest BCUT2D eigenvalue weighted by Gasteiger charge is 2.61. The van der Waals surface area contributed by atoms with Crippen molar-refractivity contribution in [2.45, 2.75) is 130 Å². The predicted molar refractivity (Wildman–Crippen MR) is 158 cm³/mol. The molecule has 0 radical (unpaired) electrons. The standard InChI is InChI=1S/C35H53NO3/c1-5-9-32(36-26(6-2)7-3)24-10-8-11-28(22-24)39-21-20-35-19-17-30-29(31(35)14-15-33(35)38)13-12-25-23-27(37)16-18-34(25,30)4/h8,10-11,22,25-26,29-32,36H,5-7,9,12-21,23H2,1-4H3/t25?,29?,30?,31?,32?,34-,35+/m0/s1. The second kappa shape index (κ2) is 12.0. The van der Waals surface area contributed by atoms with Crippen molar-refractivity contribution in [3.05, 3.63) is 29.8 Å². The molecular formula is C35H53NO3. The quantitative estimate of drug-likeness (QED) is 0.310. The summed E-state index contributed by atoms with van der Waals surface area (Å²) in [5, 5.41) is 3.87. The van der Waals surface area contributed by atoms with Gasteiger partial charge in [-0.3, -0.25) is 9.59 Å². The molecule has 0 saturated heterocycles. The van der Waals surface area contributed by atoms with Gasteiger partial charge in [-0.1, -0.05) is 46.2 Å². The van der Waals surface area contributed by atoms with Crippen molar-refractivity contribution >= 4 is 11.6 Å². The van der Waals surface area contributed by atoms with Crippen LogP contribution in [0.15, 0.2) is 24.3 Å². The fraction of sp³-hybridized carbons (Fsp3) is 0.771. The maximum atomic E-state index is 13.5. The Hall–Kier alpha value is -1.68. The zero-order valence-electron chi connectivity index (χ0n) is 25.1. The van der Waals surface area contributed by atoms with E-state index in [9.17, 15) is 9.59 Å². The number of carbonyl (C=O) groups is 2. The molecule has 0 bridgehead atoms. The SMILES string of the molecule is CCCC(NC(CC)CC)c1cccc(OCC[C@]23CCC4C(CCC5CC(=O)CC[C@@]54C)C2CCC3=O)c1. The van der Waals surface area contributed by atoms with Crippen molar-refractivity contribution in [3.8, 4) is 5.75 Å². The van der Waals surface area contributed by atoms with Gasteiger partial charge >= 0.3 is 0 Å². The van der Waals surface area contributed by atoms with Crippen molar-refractivity contribution in [1.29, 1.82) is 0 Å². The van der Waals surface area contributed by atoms with E-state index in [-0.39, 0.29) is 5.41 Å². The average Bonchev–Trinajstić information content (AvgIpc) is 3.28. The Morgan fingerprint density at radius 2 is 1.82 bits per heavy atom. The van der Waals surface area contributed by atoms with Gasteiger partial charge in [0.2, 0.25) is 0 Å². The fourth-order valence-electron chi connectivity index (χ4n) is 9.70. The Labute approximate surface area is 237 Å². The van der Waals surface area contributed by atoms with Gasteiger partial charge in [0.25, 0.3) is 0 Å². The van der Waals surface area contributed by atoms with Crippen molar-refractivity contribution in [1.82, 2.24) is 5.32 Å². The van der Waals surface area contributed by atoms with Crippen LogP contribution in [0.2, 0.25) is 0 Å². The van der Waals surface area contributed by atoms with E-state index >= 15 is 0 Å². The van der Waals surface area contributed by atoms with Gasteiger partial charge in [-0.25, -0.2) is 0 Å². The number of hydrogen-bond acceptors (Lipinski definition) is 4. The van der Waals surface area contributed by atoms with E-state index in [4.69, 9.17) is 4.74 Å². The Bertz CT molecular complexity index is 1020. The number of carbonyl (C=O) groups excluding carboxylic acids is 2. The van der Waals surface area contributed by atoms with Crippen LogP contribution in [0.3, 0.4) is 0 Å². The van der Waals surface area contributed by atoms with Crippen LogP contribution in [-0.2, 0) is 9.59 Å². The lowest BCUT2D eigenvalue weighted by Gasteiger charge is -2.59. The van der Waals surface area contributed by atoms with Crippen LogP contribution in [0, 0.1) is 34.5 Å². The van der Waals surface area contributed by atoms with Gasteiger partial charge in [0.1, 0.15) is 17.3 Å². The minimum absolute atomic E-state index is 0.186. The van der Waals surface area contributed by atoms with E-state index in [0.29, 0.717) is 59.3 Å². The maximum Gasteiger partial charge on any atom is 0.139 e. The summed E-state index contributed by atoms with van der Waals surface area (Å²) < 4.78 is 6.42. The van der Waals surface area contributed by atoms with Crippen LogP contribution in [0.5, 0.6) is 5.75 Å². The zero-order chi connectivity index (χ0) is 27.6. The highest BCUT2D eigenvalue weighted by molar-refractivity contribution is 5.87. The molecule has 4 heteroatoms. The fourth-order valence-corrected chi connectivity index (χ4v) is 9.70. The van der Waals surface area contributed by atoms with Gasteiger partial charge in [0.15, 0.2) is 0 Å². The largest absolute Gasteiger partial charge is 0.494 e. The number of Topliss-reactive ketones (excluding diaryl/α,β-unsaturated/α-hetero) is 2. The van der Waals surface area contributed by atoms with Crippen molar-refractivity contribution in [2.24, 2.45) is 34.5 Å². The summed E-state index contributed by atoms with van der Waals surface area (Å²) in [5.74, 6) is 4.32. The summed E-state index contributed by atoms with van der Waals surface area (Å²) in [4.78, 5) is 25.8. The first-order valence-corrected chi connectivity index (χ1v) is 16.4. The summed E-state index contributed by atoms with van der Waals surface area (Å²) in [7, 11) is 0. The molecule has 0 spiro atoms. The molecule has 1 aromatic carbocycles. The van der Waals surface area contributed by atoms with Gasteiger partial charge in [-0.2, -0.15) is 0 Å². The molecule has 39 heavy (non-hydrogen) atoms. The molecule has 7 atom stereocenters. The predicted octanol–water partition coefficient (Wildman–Crippen LogP) is 8.24. The normalized spacial score (nSPS) is 34.9. The lowest BCUT2D eigenvalue weighted by Crippen LogP contribution is -2.54. The van der Waals surface area contributed by atoms with Gasteiger partial charge in [0, 0.05) is 36.8 Å². The molecule has 4 nitrogen and oxygen atoms in total. The van der Waals surface area contributed by atoms with E-state index in [1.54, 1.807) is 0 Å². The summed E-state index contributed by atoms with van der Waals surface area (Å²) in [6, 6.07) is 9.56. The maximum absolute atomic E-state index is 13.5. The molecule has 0 aromatic heterocycles. The van der Waals surface area contributed by atoms with Crippen LogP contribution >= 0.6 is 0 Å². The third-order valence-corrected chi connectivity index (χ3v) is 12.0. The second-order valence-corrected chi connectivity index (χ2v) is 13.7. The number of ketones is 2. The topological polar surface area (TPSA) is 55.4 Å². The summed E-state index contributed by atoms with van der Waals surface area (Å²) in [5.41, 5.74) is 1.42. The van der Waals surface area contributed by atoms with Crippen LogP contribution in [0.25, 0.3) is 0 Å². The van der Waals surface area contributed by atoms with E-state index < -0.39 is 0 Å². The molecule has 5 rings (SSSR count). The monoisotopic (exact) mass is 535 g/mol. The Morgan fingerprint density at radius 3 is 2.59 bits per heavy atom. The molecular weight excluding hydrogens is 482 g/mol. The molecule has 0 aliphatic heterocycles. The van der Waals surface area contributed by atoms with Crippen LogP contribution in [-0.4, -0.2) is 24.2 Å². The summed E-state index contributed by atoms with van der Waals surface area (Å²) in [6.45, 7) is 9.89. The lowest BCUT2D eigenvalue weighted by atomic mass is 9.45. The van der Waals surface area contributed by atoms with Crippen molar-refractivity contribution in [3.63, 3.8) is 0 Å². The van der Waals surface area contributed by atoms with E-state index in [1.165, 1.54) is 18.4 Å². The first kappa shape index (κ1) is 28.8. The third kappa shape index (κ3) is 5.48. The number of fused-ring (bicyclic) bond motifs is 5. The molecule has 0 amide bonds. The highest BCUT2D eigenvalue weighted by atomic mass is 16.5. The molecule has 1 N–H and O–H groups in total. The first-order valence-electron chi connectivity index (χ1n) is 16.4. The van der Waals surface area contributed by atoms with Crippen LogP contribution < -0.4 is 10.1 Å². The Morgan fingerprint density at radius 1 is 1.00 bits per heavy atom. The minimum Gasteiger partial charge on any atom is -0.494 e. The van der Waals surface area contributed by atoms with E-state index in [2.05, 4.69) is 57.3 Å². The minimum atomic E-state index is -0.186. The average molecular weight is 536 g/mol. The van der Waals surface area contributed by atoms with Gasteiger partial charge < -0.3 is 10.1 Å². The van der Waals surface area contributed by atoms with E-state index in [1.807, 2.05) is 0 Å². The molecule has 4 fully saturated rings. The Kier molecular flexibility index (Phi) is 8.91. The highest BCUT2D eigenvalue weighted by Crippen LogP contribution is 2.66. The summed E-state index contributed by atoms with van der Waals surface area (Å²) in [6.07, 6.45) is 14.4. The summed E-state index contributed by atoms with van der Waals surface area (Å²) >= 11 is 0. The number of nitrogens with one attached hydrogen (secondary N) is 1. The number of hydrogen-bond donors (Lipinski definition) is 1.